The van der Waals surface area contributed by atoms with Crippen molar-refractivity contribution in [1.29, 1.82) is 0 Å². The molecule has 0 bridgehead atoms. The highest BCUT2D eigenvalue weighted by Crippen LogP contribution is 2.22. The van der Waals surface area contributed by atoms with Gasteiger partial charge in [0.15, 0.2) is 0 Å². The van der Waals surface area contributed by atoms with Gasteiger partial charge in [0.1, 0.15) is 4.60 Å². The van der Waals surface area contributed by atoms with Gasteiger partial charge in [0.2, 0.25) is 0 Å². The second-order valence-electron chi connectivity index (χ2n) is 3.53. The van der Waals surface area contributed by atoms with Crippen molar-refractivity contribution in [1.82, 2.24) is 4.98 Å². The Hall–Kier alpha value is -1.40. The second kappa shape index (κ2) is 5.49. The number of hydrogen-bond donors (Lipinski definition) is 2. The van der Waals surface area contributed by atoms with Crippen LogP contribution >= 0.6 is 31.9 Å². The summed E-state index contributed by atoms with van der Waals surface area (Å²) >= 11 is 6.57. The van der Waals surface area contributed by atoms with Gasteiger partial charge in [-0.3, -0.25) is 4.79 Å². The monoisotopic (exact) mass is 369 g/mol. The maximum absolute atomic E-state index is 12.1. The average Bonchev–Trinajstić information content (AvgIpc) is 2.35. The minimum Gasteiger partial charge on any atom is -0.398 e. The highest BCUT2D eigenvalue weighted by Gasteiger charge is 2.12. The molecule has 18 heavy (non-hydrogen) atoms. The van der Waals surface area contributed by atoms with Crippen LogP contribution in [0.5, 0.6) is 0 Å². The van der Waals surface area contributed by atoms with Gasteiger partial charge >= 0.3 is 0 Å². The predicted molar refractivity (Wildman–Crippen MR) is 78.4 cm³/mol. The molecule has 2 rings (SSSR count). The maximum Gasteiger partial charge on any atom is 0.257 e. The van der Waals surface area contributed by atoms with Crippen LogP contribution in [0.2, 0.25) is 0 Å². The number of amides is 1. The Labute approximate surface area is 121 Å². The first-order valence-corrected chi connectivity index (χ1v) is 6.63. The van der Waals surface area contributed by atoms with E-state index < -0.39 is 0 Å². The molecule has 1 heterocycles. The van der Waals surface area contributed by atoms with E-state index >= 15 is 0 Å². The van der Waals surface area contributed by atoms with Crippen LogP contribution in [0.25, 0.3) is 0 Å². The van der Waals surface area contributed by atoms with Gasteiger partial charge in [-0.05, 0) is 46.3 Å². The number of rotatable bonds is 2. The molecule has 0 saturated carbocycles. The fourth-order valence-corrected chi connectivity index (χ4v) is 2.10. The van der Waals surface area contributed by atoms with Gasteiger partial charge in [0.05, 0.1) is 11.3 Å². The van der Waals surface area contributed by atoms with Crippen LogP contribution in [-0.2, 0) is 0 Å². The van der Waals surface area contributed by atoms with Crippen molar-refractivity contribution < 1.29 is 4.79 Å². The SMILES string of the molecule is Nc1ccc(Br)cc1C(=O)Nc1cccnc1Br. The maximum atomic E-state index is 12.1. The number of benzene rings is 1. The lowest BCUT2D eigenvalue weighted by Gasteiger charge is -2.08. The van der Waals surface area contributed by atoms with Crippen LogP contribution in [0.3, 0.4) is 0 Å². The molecule has 92 valence electrons. The average molecular weight is 371 g/mol. The first-order valence-electron chi connectivity index (χ1n) is 5.05. The van der Waals surface area contributed by atoms with Gasteiger partial charge in [-0.25, -0.2) is 4.98 Å². The van der Waals surface area contributed by atoms with E-state index in [1.54, 1.807) is 36.5 Å². The summed E-state index contributed by atoms with van der Waals surface area (Å²) in [5, 5.41) is 2.75. The zero-order chi connectivity index (χ0) is 13.1. The molecule has 0 aliphatic carbocycles. The summed E-state index contributed by atoms with van der Waals surface area (Å²) in [6.45, 7) is 0. The lowest BCUT2D eigenvalue weighted by Crippen LogP contribution is -2.14. The van der Waals surface area contributed by atoms with Crippen LogP contribution in [0.15, 0.2) is 45.6 Å². The lowest BCUT2D eigenvalue weighted by molar-refractivity contribution is 0.102. The molecule has 0 unspecified atom stereocenters. The minimum atomic E-state index is -0.275. The summed E-state index contributed by atoms with van der Waals surface area (Å²) in [6, 6.07) is 8.63. The Balaban J connectivity index is 2.28. The number of nitrogens with one attached hydrogen (secondary N) is 1. The largest absolute Gasteiger partial charge is 0.398 e. The molecular weight excluding hydrogens is 362 g/mol. The Bertz CT molecular complexity index is 602. The summed E-state index contributed by atoms with van der Waals surface area (Å²) < 4.78 is 1.37. The van der Waals surface area contributed by atoms with Crippen molar-refractivity contribution in [3.8, 4) is 0 Å². The molecule has 3 N–H and O–H groups in total. The van der Waals surface area contributed by atoms with E-state index in [2.05, 4.69) is 42.2 Å². The predicted octanol–water partition coefficient (Wildman–Crippen LogP) is 3.44. The van der Waals surface area contributed by atoms with E-state index in [0.29, 0.717) is 21.5 Å². The molecule has 1 amide bonds. The third-order valence-electron chi connectivity index (χ3n) is 2.27. The quantitative estimate of drug-likeness (QED) is 0.628. The summed E-state index contributed by atoms with van der Waals surface area (Å²) in [7, 11) is 0. The van der Waals surface area contributed by atoms with Crippen molar-refractivity contribution in [2.24, 2.45) is 0 Å². The highest BCUT2D eigenvalue weighted by atomic mass is 79.9. The third kappa shape index (κ3) is 2.88. The molecule has 1 aromatic heterocycles. The number of hydrogen-bond acceptors (Lipinski definition) is 3. The molecular formula is C12H9Br2N3O. The number of aromatic nitrogens is 1. The molecule has 0 atom stereocenters. The molecule has 1 aromatic carbocycles. The number of halogens is 2. The van der Waals surface area contributed by atoms with Crippen LogP contribution in [0, 0.1) is 0 Å². The van der Waals surface area contributed by atoms with Crippen molar-refractivity contribution in [2.75, 3.05) is 11.1 Å². The highest BCUT2D eigenvalue weighted by molar-refractivity contribution is 9.10. The molecule has 4 nitrogen and oxygen atoms in total. The van der Waals surface area contributed by atoms with Crippen molar-refractivity contribution in [3.63, 3.8) is 0 Å². The van der Waals surface area contributed by atoms with Gasteiger partial charge in [-0.2, -0.15) is 0 Å². The number of nitrogens with two attached hydrogens (primary N) is 1. The number of carbonyl (C=O) groups is 1. The molecule has 0 radical (unpaired) electrons. The summed E-state index contributed by atoms with van der Waals surface area (Å²) in [4.78, 5) is 16.1. The third-order valence-corrected chi connectivity index (χ3v) is 3.39. The van der Waals surface area contributed by atoms with Gasteiger partial charge in [-0.15, -0.1) is 0 Å². The fourth-order valence-electron chi connectivity index (χ4n) is 1.39. The van der Waals surface area contributed by atoms with Gasteiger partial charge in [-0.1, -0.05) is 15.9 Å². The van der Waals surface area contributed by atoms with Gasteiger partial charge in [0.25, 0.3) is 5.91 Å². The molecule has 6 heteroatoms. The summed E-state index contributed by atoms with van der Waals surface area (Å²) in [5.41, 5.74) is 7.22. The summed E-state index contributed by atoms with van der Waals surface area (Å²) in [6.07, 6.45) is 1.63. The number of carbonyl (C=O) groups excluding carboxylic acids is 1. The van der Waals surface area contributed by atoms with Gasteiger partial charge < -0.3 is 11.1 Å². The molecule has 0 fully saturated rings. The van der Waals surface area contributed by atoms with Crippen LogP contribution < -0.4 is 11.1 Å². The van der Waals surface area contributed by atoms with Crippen molar-refractivity contribution in [3.05, 3.63) is 51.2 Å². The first-order chi connectivity index (χ1) is 8.58. The molecule has 0 spiro atoms. The Morgan fingerprint density at radius 1 is 1.28 bits per heavy atom. The van der Waals surface area contributed by atoms with E-state index in [-0.39, 0.29) is 5.91 Å². The molecule has 0 aliphatic heterocycles. The normalized spacial score (nSPS) is 10.1. The molecule has 0 aliphatic rings. The number of nitrogen functional groups attached to an aromatic ring is 1. The fraction of sp³-hybridized carbons (Fsp3) is 0. The van der Waals surface area contributed by atoms with E-state index in [1.807, 2.05) is 0 Å². The van der Waals surface area contributed by atoms with E-state index in [9.17, 15) is 4.79 Å². The second-order valence-corrected chi connectivity index (χ2v) is 5.19. The van der Waals surface area contributed by atoms with E-state index in [1.165, 1.54) is 0 Å². The van der Waals surface area contributed by atoms with Gasteiger partial charge in [0, 0.05) is 16.4 Å². The van der Waals surface area contributed by atoms with E-state index in [0.717, 1.165) is 4.47 Å². The van der Waals surface area contributed by atoms with E-state index in [4.69, 9.17) is 5.73 Å². The van der Waals surface area contributed by atoms with Crippen LogP contribution in [0.4, 0.5) is 11.4 Å². The number of nitrogens with zero attached hydrogens (tertiary/aromatic N) is 1. The zero-order valence-electron chi connectivity index (χ0n) is 9.15. The topological polar surface area (TPSA) is 68.0 Å². The van der Waals surface area contributed by atoms with Crippen LogP contribution in [-0.4, -0.2) is 10.9 Å². The molecule has 2 aromatic rings. The standard InChI is InChI=1S/C12H9Br2N3O/c13-7-3-4-9(15)8(6-7)12(18)17-10-2-1-5-16-11(10)14/h1-6H,15H2,(H,17,18). The summed E-state index contributed by atoms with van der Waals surface area (Å²) in [5.74, 6) is -0.275. The molecule has 0 saturated heterocycles. The lowest BCUT2D eigenvalue weighted by atomic mass is 10.1. The Kier molecular flexibility index (Phi) is 3.98. The smallest absolute Gasteiger partial charge is 0.257 e. The minimum absolute atomic E-state index is 0.275. The van der Waals surface area contributed by atoms with Crippen molar-refractivity contribution in [2.45, 2.75) is 0 Å². The zero-order valence-corrected chi connectivity index (χ0v) is 12.3. The number of pyridine rings is 1. The van der Waals surface area contributed by atoms with Crippen molar-refractivity contribution >= 4 is 49.1 Å². The first kappa shape index (κ1) is 13.0. The number of anilines is 2. The van der Waals surface area contributed by atoms with Crippen LogP contribution in [0.1, 0.15) is 10.4 Å². The Morgan fingerprint density at radius 2 is 2.06 bits per heavy atom. The Morgan fingerprint density at radius 3 is 2.78 bits per heavy atom.